The van der Waals surface area contributed by atoms with Gasteiger partial charge in [0, 0.05) is 30.3 Å². The summed E-state index contributed by atoms with van der Waals surface area (Å²) in [6.07, 6.45) is 7.65. The van der Waals surface area contributed by atoms with Crippen molar-refractivity contribution in [1.29, 1.82) is 0 Å². The molecule has 0 aliphatic rings. The summed E-state index contributed by atoms with van der Waals surface area (Å²) in [7, 11) is 0. The Balaban J connectivity index is 1.76. The van der Waals surface area contributed by atoms with Gasteiger partial charge >= 0.3 is 0 Å². The van der Waals surface area contributed by atoms with Crippen molar-refractivity contribution in [2.75, 3.05) is 5.75 Å². The summed E-state index contributed by atoms with van der Waals surface area (Å²) in [5.41, 5.74) is 2.80. The molecule has 8 heteroatoms. The van der Waals surface area contributed by atoms with Crippen molar-refractivity contribution in [3.63, 3.8) is 0 Å². The Morgan fingerprint density at radius 1 is 1.29 bits per heavy atom. The molecule has 0 fully saturated rings. The summed E-state index contributed by atoms with van der Waals surface area (Å²) in [5.74, 6) is 2.43. The summed E-state index contributed by atoms with van der Waals surface area (Å²) in [6.45, 7) is 8.33. The van der Waals surface area contributed by atoms with E-state index in [1.165, 1.54) is 0 Å². The Hall–Kier alpha value is -2.48. The SMILES string of the molecule is C=CCn1c(SCCc2c(C)noc2C)nnc1-c1cnccn1. The van der Waals surface area contributed by atoms with Crippen LogP contribution in [0.3, 0.4) is 0 Å². The van der Waals surface area contributed by atoms with Crippen molar-refractivity contribution < 1.29 is 4.52 Å². The van der Waals surface area contributed by atoms with Gasteiger partial charge in [0.25, 0.3) is 0 Å². The first-order chi connectivity index (χ1) is 11.7. The minimum absolute atomic E-state index is 0.618. The zero-order valence-electron chi connectivity index (χ0n) is 13.6. The van der Waals surface area contributed by atoms with E-state index in [-0.39, 0.29) is 0 Å². The fourth-order valence-corrected chi connectivity index (χ4v) is 3.30. The molecule has 7 nitrogen and oxygen atoms in total. The van der Waals surface area contributed by atoms with E-state index in [0.29, 0.717) is 18.1 Å². The first-order valence-corrected chi connectivity index (χ1v) is 8.54. The topological polar surface area (TPSA) is 82.5 Å². The van der Waals surface area contributed by atoms with Crippen molar-refractivity contribution >= 4 is 11.8 Å². The smallest absolute Gasteiger partial charge is 0.191 e. The zero-order valence-corrected chi connectivity index (χ0v) is 14.5. The van der Waals surface area contributed by atoms with Crippen LogP contribution in [0, 0.1) is 13.8 Å². The van der Waals surface area contributed by atoms with Crippen LogP contribution in [0.25, 0.3) is 11.5 Å². The van der Waals surface area contributed by atoms with Gasteiger partial charge in [-0.05, 0) is 20.3 Å². The molecule has 0 unspecified atom stereocenters. The first kappa shape index (κ1) is 16.4. The fraction of sp³-hybridized carbons (Fsp3) is 0.312. The summed E-state index contributed by atoms with van der Waals surface area (Å²) in [4.78, 5) is 8.39. The predicted octanol–water partition coefficient (Wildman–Crippen LogP) is 2.86. The number of aromatic nitrogens is 6. The fourth-order valence-electron chi connectivity index (χ4n) is 2.40. The summed E-state index contributed by atoms with van der Waals surface area (Å²) in [6, 6.07) is 0. The van der Waals surface area contributed by atoms with E-state index in [1.54, 1.807) is 30.4 Å². The largest absolute Gasteiger partial charge is 0.361 e. The maximum atomic E-state index is 5.20. The predicted molar refractivity (Wildman–Crippen MR) is 91.7 cm³/mol. The molecule has 3 aromatic heterocycles. The van der Waals surface area contributed by atoms with E-state index in [2.05, 4.69) is 31.9 Å². The quantitative estimate of drug-likeness (QED) is 0.482. The van der Waals surface area contributed by atoms with Crippen molar-refractivity contribution in [1.82, 2.24) is 29.9 Å². The van der Waals surface area contributed by atoms with Crippen LogP contribution in [0.15, 0.2) is 40.9 Å². The Morgan fingerprint density at radius 3 is 2.83 bits per heavy atom. The zero-order chi connectivity index (χ0) is 16.9. The molecule has 0 aliphatic heterocycles. The lowest BCUT2D eigenvalue weighted by Crippen LogP contribution is -2.02. The average Bonchev–Trinajstić information content (AvgIpc) is 3.14. The molecule has 0 aliphatic carbocycles. The molecule has 0 spiro atoms. The molecule has 0 aromatic carbocycles. The van der Waals surface area contributed by atoms with Crippen LogP contribution < -0.4 is 0 Å². The molecular formula is C16H18N6OS. The standard InChI is InChI=1S/C16H18N6OS/c1-4-8-22-15(14-10-17-6-7-18-14)19-20-16(22)24-9-5-13-11(2)21-23-12(13)3/h4,6-7,10H,1,5,8-9H2,2-3H3. The maximum absolute atomic E-state index is 5.20. The molecule has 0 atom stereocenters. The van der Waals surface area contributed by atoms with Gasteiger partial charge < -0.3 is 4.52 Å². The van der Waals surface area contributed by atoms with Crippen LogP contribution in [0.5, 0.6) is 0 Å². The lowest BCUT2D eigenvalue weighted by atomic mass is 10.1. The highest BCUT2D eigenvalue weighted by atomic mass is 32.2. The molecule has 3 aromatic rings. The van der Waals surface area contributed by atoms with Gasteiger partial charge in [0.2, 0.25) is 0 Å². The summed E-state index contributed by atoms with van der Waals surface area (Å²) < 4.78 is 7.20. The number of hydrogen-bond acceptors (Lipinski definition) is 7. The molecular weight excluding hydrogens is 324 g/mol. The number of hydrogen-bond donors (Lipinski definition) is 0. The van der Waals surface area contributed by atoms with Crippen LogP contribution in [0.4, 0.5) is 0 Å². The van der Waals surface area contributed by atoms with E-state index in [4.69, 9.17) is 4.52 Å². The van der Waals surface area contributed by atoms with E-state index in [0.717, 1.165) is 34.3 Å². The second-order valence-electron chi connectivity index (χ2n) is 5.20. The lowest BCUT2D eigenvalue weighted by molar-refractivity contribution is 0.392. The number of allylic oxidation sites excluding steroid dienone is 1. The molecule has 0 N–H and O–H groups in total. The minimum atomic E-state index is 0.618. The van der Waals surface area contributed by atoms with Crippen LogP contribution in [-0.4, -0.2) is 35.6 Å². The average molecular weight is 342 g/mol. The number of thioether (sulfide) groups is 1. The Kier molecular flexibility index (Phi) is 5.05. The van der Waals surface area contributed by atoms with Gasteiger partial charge in [-0.2, -0.15) is 0 Å². The third-order valence-corrected chi connectivity index (χ3v) is 4.55. The highest BCUT2D eigenvalue weighted by Gasteiger charge is 2.15. The maximum Gasteiger partial charge on any atom is 0.191 e. The molecule has 0 bridgehead atoms. The van der Waals surface area contributed by atoms with Gasteiger partial charge in [0.1, 0.15) is 11.5 Å². The molecule has 0 saturated carbocycles. The van der Waals surface area contributed by atoms with Gasteiger partial charge in [-0.3, -0.25) is 9.55 Å². The second-order valence-corrected chi connectivity index (χ2v) is 6.26. The van der Waals surface area contributed by atoms with E-state index >= 15 is 0 Å². The molecule has 3 rings (SSSR count). The molecule has 0 saturated heterocycles. The van der Waals surface area contributed by atoms with Gasteiger partial charge in [-0.1, -0.05) is 23.0 Å². The third-order valence-electron chi connectivity index (χ3n) is 3.59. The van der Waals surface area contributed by atoms with Crippen LogP contribution in [-0.2, 0) is 13.0 Å². The van der Waals surface area contributed by atoms with Crippen molar-refractivity contribution in [3.8, 4) is 11.5 Å². The van der Waals surface area contributed by atoms with Crippen molar-refractivity contribution in [2.45, 2.75) is 32.0 Å². The Morgan fingerprint density at radius 2 is 2.17 bits per heavy atom. The molecule has 0 radical (unpaired) electrons. The van der Waals surface area contributed by atoms with Crippen LogP contribution >= 0.6 is 11.8 Å². The first-order valence-electron chi connectivity index (χ1n) is 7.55. The van der Waals surface area contributed by atoms with Crippen LogP contribution in [0.1, 0.15) is 17.0 Å². The van der Waals surface area contributed by atoms with E-state index in [9.17, 15) is 0 Å². The molecule has 0 amide bonds. The molecule has 3 heterocycles. The summed E-state index contributed by atoms with van der Waals surface area (Å²) >= 11 is 1.64. The summed E-state index contributed by atoms with van der Waals surface area (Å²) in [5, 5.41) is 13.4. The number of aryl methyl sites for hydroxylation is 2. The second kappa shape index (κ2) is 7.39. The van der Waals surface area contributed by atoms with Crippen LogP contribution in [0.2, 0.25) is 0 Å². The van der Waals surface area contributed by atoms with Crippen molar-refractivity contribution in [3.05, 3.63) is 48.3 Å². The Labute approximate surface area is 144 Å². The van der Waals surface area contributed by atoms with E-state index in [1.807, 2.05) is 24.5 Å². The number of rotatable bonds is 7. The Bertz CT molecular complexity index is 807. The highest BCUT2D eigenvalue weighted by molar-refractivity contribution is 7.99. The monoisotopic (exact) mass is 342 g/mol. The highest BCUT2D eigenvalue weighted by Crippen LogP contribution is 2.24. The normalized spacial score (nSPS) is 10.9. The minimum Gasteiger partial charge on any atom is -0.361 e. The lowest BCUT2D eigenvalue weighted by Gasteiger charge is -2.07. The van der Waals surface area contributed by atoms with Gasteiger partial charge in [0.05, 0.1) is 11.9 Å². The van der Waals surface area contributed by atoms with Gasteiger partial charge in [-0.25, -0.2) is 4.98 Å². The number of nitrogens with zero attached hydrogens (tertiary/aromatic N) is 6. The van der Waals surface area contributed by atoms with Crippen molar-refractivity contribution in [2.24, 2.45) is 0 Å². The molecule has 124 valence electrons. The molecule has 24 heavy (non-hydrogen) atoms. The van der Waals surface area contributed by atoms with Gasteiger partial charge in [0.15, 0.2) is 11.0 Å². The third kappa shape index (κ3) is 3.38. The van der Waals surface area contributed by atoms with E-state index < -0.39 is 0 Å². The van der Waals surface area contributed by atoms with Gasteiger partial charge in [-0.15, -0.1) is 16.8 Å².